The van der Waals surface area contributed by atoms with E-state index in [-0.39, 0.29) is 16.7 Å². The minimum absolute atomic E-state index is 0.0186. The molecule has 24 heavy (non-hydrogen) atoms. The molecule has 0 aliphatic heterocycles. The molecule has 5 nitrogen and oxygen atoms in total. The average molecular weight is 349 g/mol. The number of benzene rings is 2. The zero-order valence-corrected chi connectivity index (χ0v) is 15.2. The molecule has 2 aromatic carbocycles. The van der Waals surface area contributed by atoms with Crippen molar-refractivity contribution in [2.45, 2.75) is 38.1 Å². The van der Waals surface area contributed by atoms with Gasteiger partial charge < -0.3 is 9.84 Å². The zero-order chi connectivity index (χ0) is 17.9. The minimum atomic E-state index is -3.81. The number of para-hydroxylation sites is 1. The maximum Gasteiger partial charge on any atom is 0.264 e. The van der Waals surface area contributed by atoms with Crippen molar-refractivity contribution in [1.82, 2.24) is 0 Å². The number of phenols is 1. The highest BCUT2D eigenvalue weighted by Gasteiger charge is 2.30. The Balaban J connectivity index is 2.60. The summed E-state index contributed by atoms with van der Waals surface area (Å²) >= 11 is 0. The summed E-state index contributed by atoms with van der Waals surface area (Å²) in [6, 6.07) is 11.0. The molecule has 0 amide bonds. The van der Waals surface area contributed by atoms with E-state index >= 15 is 0 Å². The first kappa shape index (κ1) is 18.1. The van der Waals surface area contributed by atoms with Crippen molar-refractivity contribution in [1.29, 1.82) is 0 Å². The van der Waals surface area contributed by atoms with Gasteiger partial charge in [0.2, 0.25) is 0 Å². The Kier molecular flexibility index (Phi) is 5.39. The van der Waals surface area contributed by atoms with Gasteiger partial charge in [0.15, 0.2) is 0 Å². The minimum Gasteiger partial charge on any atom is -0.505 e. The first-order valence-corrected chi connectivity index (χ1v) is 9.24. The smallest absolute Gasteiger partial charge is 0.264 e. The standard InChI is InChI=1S/C18H23NO4S/c1-5-14(3)19(17-8-6-7-13(2)18(17)20)24(21,22)16-11-9-15(23-4)10-12-16/h6-12,14,20H,5H2,1-4H3/t14-/m0/s1. The largest absolute Gasteiger partial charge is 0.505 e. The molecule has 0 aromatic heterocycles. The number of ether oxygens (including phenoxy) is 1. The van der Waals surface area contributed by atoms with Gasteiger partial charge in [0.05, 0.1) is 17.7 Å². The van der Waals surface area contributed by atoms with Gasteiger partial charge in [-0.3, -0.25) is 4.31 Å². The molecule has 0 aliphatic rings. The third-order valence-corrected chi connectivity index (χ3v) is 6.00. The van der Waals surface area contributed by atoms with Crippen LogP contribution < -0.4 is 9.04 Å². The number of rotatable bonds is 6. The van der Waals surface area contributed by atoms with Crippen LogP contribution in [-0.2, 0) is 10.0 Å². The lowest BCUT2D eigenvalue weighted by Crippen LogP contribution is -2.38. The maximum atomic E-state index is 13.2. The Morgan fingerprint density at radius 2 is 1.79 bits per heavy atom. The summed E-state index contributed by atoms with van der Waals surface area (Å²) in [4.78, 5) is 0.157. The SMILES string of the molecule is CC[C@H](C)N(c1cccc(C)c1O)S(=O)(=O)c1ccc(OC)cc1. The van der Waals surface area contributed by atoms with Gasteiger partial charge in [-0.25, -0.2) is 8.42 Å². The van der Waals surface area contributed by atoms with E-state index in [2.05, 4.69) is 0 Å². The lowest BCUT2D eigenvalue weighted by molar-refractivity contribution is 0.414. The van der Waals surface area contributed by atoms with E-state index in [1.54, 1.807) is 37.3 Å². The highest BCUT2D eigenvalue weighted by molar-refractivity contribution is 7.92. The molecule has 0 radical (unpaired) electrons. The van der Waals surface area contributed by atoms with Crippen LogP contribution in [-0.4, -0.2) is 26.7 Å². The van der Waals surface area contributed by atoms with Gasteiger partial charge in [0.1, 0.15) is 11.5 Å². The zero-order valence-electron chi connectivity index (χ0n) is 14.4. The lowest BCUT2D eigenvalue weighted by Gasteiger charge is -2.30. The molecular formula is C18H23NO4S. The summed E-state index contributed by atoms with van der Waals surface area (Å²) in [5, 5.41) is 10.4. The maximum absolute atomic E-state index is 13.2. The highest BCUT2D eigenvalue weighted by atomic mass is 32.2. The number of methoxy groups -OCH3 is 1. The van der Waals surface area contributed by atoms with Gasteiger partial charge in [-0.2, -0.15) is 0 Å². The van der Waals surface area contributed by atoms with Crippen molar-refractivity contribution in [2.24, 2.45) is 0 Å². The van der Waals surface area contributed by atoms with Crippen molar-refractivity contribution in [3.05, 3.63) is 48.0 Å². The second-order valence-corrected chi connectivity index (χ2v) is 7.49. The van der Waals surface area contributed by atoms with E-state index in [1.807, 2.05) is 13.8 Å². The summed E-state index contributed by atoms with van der Waals surface area (Å²) in [5.74, 6) is 0.567. The predicted octanol–water partition coefficient (Wildman–Crippen LogP) is 3.70. The fourth-order valence-corrected chi connectivity index (χ4v) is 4.19. The Labute approximate surface area is 143 Å². The van der Waals surface area contributed by atoms with E-state index in [0.717, 1.165) is 0 Å². The molecule has 1 atom stereocenters. The van der Waals surface area contributed by atoms with Crippen molar-refractivity contribution in [3.8, 4) is 11.5 Å². The molecule has 130 valence electrons. The van der Waals surface area contributed by atoms with Gasteiger partial charge in [0.25, 0.3) is 10.0 Å². The quantitative estimate of drug-likeness (QED) is 0.863. The number of nitrogens with zero attached hydrogens (tertiary/aromatic N) is 1. The molecule has 2 aromatic rings. The summed E-state index contributed by atoms with van der Waals surface area (Å²) in [5.41, 5.74) is 0.922. The van der Waals surface area contributed by atoms with Crippen LogP contribution >= 0.6 is 0 Å². The predicted molar refractivity (Wildman–Crippen MR) is 95.3 cm³/mol. The molecule has 0 heterocycles. The van der Waals surface area contributed by atoms with E-state index < -0.39 is 10.0 Å². The first-order valence-electron chi connectivity index (χ1n) is 7.80. The Hall–Kier alpha value is -2.21. The summed E-state index contributed by atoms with van der Waals surface area (Å²) in [6.45, 7) is 5.48. The van der Waals surface area contributed by atoms with Gasteiger partial charge in [-0.05, 0) is 56.2 Å². The topological polar surface area (TPSA) is 66.8 Å². The van der Waals surface area contributed by atoms with Crippen LogP contribution in [0.15, 0.2) is 47.4 Å². The fourth-order valence-electron chi connectivity index (χ4n) is 2.45. The highest BCUT2D eigenvalue weighted by Crippen LogP contribution is 2.36. The number of hydrogen-bond donors (Lipinski definition) is 1. The average Bonchev–Trinajstić information content (AvgIpc) is 2.58. The summed E-state index contributed by atoms with van der Waals surface area (Å²) in [7, 11) is -2.28. The summed E-state index contributed by atoms with van der Waals surface area (Å²) < 4.78 is 32.7. The Morgan fingerprint density at radius 1 is 1.17 bits per heavy atom. The van der Waals surface area contributed by atoms with Crippen LogP contribution in [0.5, 0.6) is 11.5 Å². The molecule has 0 unspecified atom stereocenters. The molecule has 1 N–H and O–H groups in total. The number of aromatic hydroxyl groups is 1. The second kappa shape index (κ2) is 7.13. The van der Waals surface area contributed by atoms with Gasteiger partial charge >= 0.3 is 0 Å². The normalized spacial score (nSPS) is 12.7. The third-order valence-electron chi connectivity index (χ3n) is 4.06. The van der Waals surface area contributed by atoms with Crippen molar-refractivity contribution >= 4 is 15.7 Å². The van der Waals surface area contributed by atoms with E-state index in [9.17, 15) is 13.5 Å². The lowest BCUT2D eigenvalue weighted by atomic mass is 10.1. The first-order chi connectivity index (χ1) is 11.3. The molecule has 6 heteroatoms. The van der Waals surface area contributed by atoms with Crippen LogP contribution in [0, 0.1) is 6.92 Å². The van der Waals surface area contributed by atoms with Crippen LogP contribution in [0.3, 0.4) is 0 Å². The fraction of sp³-hybridized carbons (Fsp3) is 0.333. The van der Waals surface area contributed by atoms with E-state index in [1.165, 1.54) is 23.5 Å². The van der Waals surface area contributed by atoms with Gasteiger partial charge in [0, 0.05) is 6.04 Å². The van der Waals surface area contributed by atoms with Crippen LogP contribution in [0.25, 0.3) is 0 Å². The van der Waals surface area contributed by atoms with E-state index in [0.29, 0.717) is 23.4 Å². The number of phenolic OH excluding ortho intramolecular Hbond substituents is 1. The molecule has 0 saturated heterocycles. The van der Waals surface area contributed by atoms with Crippen LogP contribution in [0.4, 0.5) is 5.69 Å². The van der Waals surface area contributed by atoms with Crippen LogP contribution in [0.2, 0.25) is 0 Å². The third kappa shape index (κ3) is 3.33. The van der Waals surface area contributed by atoms with Crippen LogP contribution in [0.1, 0.15) is 25.8 Å². The van der Waals surface area contributed by atoms with Gasteiger partial charge in [-0.1, -0.05) is 19.1 Å². The molecule has 0 aliphatic carbocycles. The molecule has 0 bridgehead atoms. The molecule has 0 saturated carbocycles. The van der Waals surface area contributed by atoms with Crippen molar-refractivity contribution in [3.63, 3.8) is 0 Å². The molecular weight excluding hydrogens is 326 g/mol. The molecule has 0 spiro atoms. The number of aryl methyl sites for hydroxylation is 1. The van der Waals surface area contributed by atoms with Crippen molar-refractivity contribution in [2.75, 3.05) is 11.4 Å². The second-order valence-electron chi connectivity index (χ2n) is 5.68. The number of anilines is 1. The Morgan fingerprint density at radius 3 is 2.33 bits per heavy atom. The van der Waals surface area contributed by atoms with Gasteiger partial charge in [-0.15, -0.1) is 0 Å². The Bertz CT molecular complexity index is 800. The molecule has 0 fully saturated rings. The summed E-state index contributed by atoms with van der Waals surface area (Å²) in [6.07, 6.45) is 0.614. The monoisotopic (exact) mass is 349 g/mol. The number of sulfonamides is 1. The van der Waals surface area contributed by atoms with Crippen molar-refractivity contribution < 1.29 is 18.3 Å². The molecule has 2 rings (SSSR count). The van der Waals surface area contributed by atoms with E-state index in [4.69, 9.17) is 4.74 Å². The number of hydrogen-bond acceptors (Lipinski definition) is 4.